The Labute approximate surface area is 154 Å². The number of carbonyl (C=O) groups is 2. The molecule has 0 saturated carbocycles. The second-order valence-corrected chi connectivity index (χ2v) is 7.88. The van der Waals surface area contributed by atoms with E-state index >= 15 is 0 Å². The van der Waals surface area contributed by atoms with Gasteiger partial charge in [-0.3, -0.25) is 4.79 Å². The van der Waals surface area contributed by atoms with Gasteiger partial charge in [0.1, 0.15) is 5.82 Å². The largest absolute Gasteiger partial charge is 0.449 e. The molecule has 1 amide bonds. The molecule has 0 aliphatic rings. The molecule has 0 aromatic heterocycles. The fourth-order valence-electron chi connectivity index (χ4n) is 1.95. The fraction of sp³-hybridized carbons (Fsp3) is 0.176. The summed E-state index contributed by atoms with van der Waals surface area (Å²) in [4.78, 5) is 24.2. The van der Waals surface area contributed by atoms with E-state index in [1.54, 1.807) is 0 Å². The first-order valence-electron chi connectivity index (χ1n) is 7.35. The number of rotatable bonds is 5. The number of halogens is 2. The van der Waals surface area contributed by atoms with Crippen molar-refractivity contribution >= 4 is 39.0 Å². The van der Waals surface area contributed by atoms with E-state index in [-0.39, 0.29) is 21.2 Å². The second kappa shape index (κ2) is 7.84. The Hall–Kier alpha value is -2.45. The molecule has 26 heavy (non-hydrogen) atoms. The molecule has 0 bridgehead atoms. The maximum Gasteiger partial charge on any atom is 0.338 e. The minimum absolute atomic E-state index is 0.00763. The average Bonchev–Trinajstić information content (AvgIpc) is 2.56. The lowest BCUT2D eigenvalue weighted by atomic mass is 10.2. The summed E-state index contributed by atoms with van der Waals surface area (Å²) in [5.74, 6) is -2.00. The number of ether oxygens (including phenoxy) is 1. The van der Waals surface area contributed by atoms with Gasteiger partial charge in [-0.05, 0) is 49.4 Å². The smallest absolute Gasteiger partial charge is 0.338 e. The molecule has 6 nitrogen and oxygen atoms in total. The number of hydrogen-bond donors (Lipinski definition) is 1. The van der Waals surface area contributed by atoms with E-state index in [9.17, 15) is 22.4 Å². The normalized spacial score (nSPS) is 12.3. The number of amides is 1. The zero-order valence-corrected chi connectivity index (χ0v) is 15.4. The second-order valence-electron chi connectivity index (χ2n) is 5.46. The highest BCUT2D eigenvalue weighted by Crippen LogP contribution is 2.22. The first kappa shape index (κ1) is 19.9. The van der Waals surface area contributed by atoms with Gasteiger partial charge in [0.05, 0.1) is 21.2 Å². The highest BCUT2D eigenvalue weighted by Gasteiger charge is 2.20. The van der Waals surface area contributed by atoms with Gasteiger partial charge in [-0.25, -0.2) is 17.6 Å². The number of nitrogens with one attached hydrogen (secondary N) is 1. The minimum atomic E-state index is -3.38. The van der Waals surface area contributed by atoms with Crippen LogP contribution in [-0.2, 0) is 19.4 Å². The van der Waals surface area contributed by atoms with Crippen LogP contribution in [0.5, 0.6) is 0 Å². The fourth-order valence-corrected chi connectivity index (χ4v) is 2.79. The van der Waals surface area contributed by atoms with Crippen molar-refractivity contribution in [3.8, 4) is 0 Å². The van der Waals surface area contributed by atoms with Gasteiger partial charge >= 0.3 is 5.97 Å². The number of esters is 1. The lowest BCUT2D eigenvalue weighted by Gasteiger charge is -2.14. The third-order valence-electron chi connectivity index (χ3n) is 3.36. The van der Waals surface area contributed by atoms with Gasteiger partial charge < -0.3 is 10.1 Å². The van der Waals surface area contributed by atoms with Gasteiger partial charge in [0.15, 0.2) is 15.9 Å². The minimum Gasteiger partial charge on any atom is -0.449 e. The van der Waals surface area contributed by atoms with Gasteiger partial charge in [-0.1, -0.05) is 11.6 Å². The van der Waals surface area contributed by atoms with E-state index in [0.29, 0.717) is 0 Å². The molecule has 0 aliphatic heterocycles. The Balaban J connectivity index is 2.02. The molecule has 0 aliphatic carbocycles. The highest BCUT2D eigenvalue weighted by molar-refractivity contribution is 7.90. The summed E-state index contributed by atoms with van der Waals surface area (Å²) in [7, 11) is -3.38. The summed E-state index contributed by atoms with van der Waals surface area (Å²) in [5, 5.41) is 2.44. The molecule has 1 atom stereocenters. The molecule has 2 aromatic rings. The molecule has 0 saturated heterocycles. The monoisotopic (exact) mass is 399 g/mol. The molecule has 1 unspecified atom stereocenters. The van der Waals surface area contributed by atoms with Crippen LogP contribution in [0.25, 0.3) is 0 Å². The number of sulfone groups is 1. The van der Waals surface area contributed by atoms with E-state index in [2.05, 4.69) is 5.32 Å². The number of anilines is 1. The van der Waals surface area contributed by atoms with Gasteiger partial charge in [0.25, 0.3) is 5.91 Å². The summed E-state index contributed by atoms with van der Waals surface area (Å²) in [6.07, 6.45) is -0.106. The van der Waals surface area contributed by atoms with Crippen molar-refractivity contribution < 1.29 is 27.1 Å². The lowest BCUT2D eigenvalue weighted by Crippen LogP contribution is -2.30. The molecule has 2 aromatic carbocycles. The van der Waals surface area contributed by atoms with Crippen LogP contribution in [0, 0.1) is 5.82 Å². The van der Waals surface area contributed by atoms with Crippen LogP contribution in [0.15, 0.2) is 47.4 Å². The Morgan fingerprint density at radius 1 is 1.15 bits per heavy atom. The zero-order valence-electron chi connectivity index (χ0n) is 13.8. The Kier molecular flexibility index (Phi) is 5.99. The van der Waals surface area contributed by atoms with Crippen LogP contribution in [0.2, 0.25) is 5.02 Å². The maximum absolute atomic E-state index is 13.0. The zero-order chi connectivity index (χ0) is 19.5. The Morgan fingerprint density at radius 2 is 1.77 bits per heavy atom. The van der Waals surface area contributed by atoms with E-state index < -0.39 is 33.6 Å². The predicted octanol–water partition coefficient (Wildman–Crippen LogP) is 3.07. The first-order chi connectivity index (χ1) is 12.1. The van der Waals surface area contributed by atoms with Crippen molar-refractivity contribution in [3.05, 3.63) is 58.9 Å². The predicted molar refractivity (Wildman–Crippen MR) is 94.5 cm³/mol. The molecule has 9 heteroatoms. The number of carbonyl (C=O) groups excluding carboxylic acids is 2. The summed E-state index contributed by atoms with van der Waals surface area (Å²) in [5.41, 5.74) is 0.273. The highest BCUT2D eigenvalue weighted by atomic mass is 35.5. The van der Waals surface area contributed by atoms with Crippen molar-refractivity contribution in [2.24, 2.45) is 0 Å². The molecule has 2 rings (SSSR count). The Bertz CT molecular complexity index is 944. The van der Waals surface area contributed by atoms with Gasteiger partial charge in [-0.2, -0.15) is 0 Å². The standard InChI is InChI=1S/C17H15ClFNO5S/c1-10(16(21)20-15-8-5-12(19)9-14(15)18)25-17(22)11-3-6-13(7-4-11)26(2,23)24/h3-10H,1-2H3,(H,20,21). The van der Waals surface area contributed by atoms with E-state index in [4.69, 9.17) is 16.3 Å². The molecule has 0 radical (unpaired) electrons. The number of hydrogen-bond acceptors (Lipinski definition) is 5. The van der Waals surface area contributed by atoms with Crippen LogP contribution in [0.4, 0.5) is 10.1 Å². The maximum atomic E-state index is 13.0. The molecule has 0 fully saturated rings. The molecular formula is C17H15ClFNO5S. The van der Waals surface area contributed by atoms with Crippen LogP contribution in [0.1, 0.15) is 17.3 Å². The van der Waals surface area contributed by atoms with Crippen LogP contribution in [-0.4, -0.2) is 32.7 Å². The van der Waals surface area contributed by atoms with Crippen molar-refractivity contribution in [2.45, 2.75) is 17.9 Å². The first-order valence-corrected chi connectivity index (χ1v) is 9.62. The summed E-state index contributed by atoms with van der Waals surface area (Å²) >= 11 is 5.82. The summed E-state index contributed by atoms with van der Waals surface area (Å²) < 4.78 is 40.8. The topological polar surface area (TPSA) is 89.5 Å². The van der Waals surface area contributed by atoms with Crippen molar-refractivity contribution in [3.63, 3.8) is 0 Å². The quantitative estimate of drug-likeness (QED) is 0.780. The number of benzene rings is 2. The van der Waals surface area contributed by atoms with E-state index in [1.165, 1.54) is 37.3 Å². The average molecular weight is 400 g/mol. The third-order valence-corrected chi connectivity index (χ3v) is 4.80. The molecule has 0 spiro atoms. The SMILES string of the molecule is CC(OC(=O)c1ccc(S(C)(=O)=O)cc1)C(=O)Nc1ccc(F)cc1Cl. The molecular weight excluding hydrogens is 385 g/mol. The van der Waals surface area contributed by atoms with Crippen molar-refractivity contribution in [1.82, 2.24) is 0 Å². The van der Waals surface area contributed by atoms with Gasteiger partial charge in [0.2, 0.25) is 0 Å². The lowest BCUT2D eigenvalue weighted by molar-refractivity contribution is -0.123. The summed E-state index contributed by atoms with van der Waals surface area (Å²) in [6.45, 7) is 1.36. The Morgan fingerprint density at radius 3 is 2.31 bits per heavy atom. The van der Waals surface area contributed by atoms with Crippen LogP contribution >= 0.6 is 11.6 Å². The van der Waals surface area contributed by atoms with E-state index in [0.717, 1.165) is 18.4 Å². The van der Waals surface area contributed by atoms with Crippen LogP contribution < -0.4 is 5.32 Å². The third kappa shape index (κ3) is 5.03. The van der Waals surface area contributed by atoms with Gasteiger partial charge in [0, 0.05) is 6.26 Å². The summed E-state index contributed by atoms with van der Waals surface area (Å²) in [6, 6.07) is 8.58. The van der Waals surface area contributed by atoms with Crippen molar-refractivity contribution in [1.29, 1.82) is 0 Å². The molecule has 1 N–H and O–H groups in total. The van der Waals surface area contributed by atoms with Gasteiger partial charge in [-0.15, -0.1) is 0 Å². The molecule has 138 valence electrons. The van der Waals surface area contributed by atoms with Crippen LogP contribution in [0.3, 0.4) is 0 Å². The van der Waals surface area contributed by atoms with E-state index in [1.807, 2.05) is 0 Å². The van der Waals surface area contributed by atoms with Crippen molar-refractivity contribution in [2.75, 3.05) is 11.6 Å². The molecule has 0 heterocycles.